The van der Waals surface area contributed by atoms with E-state index in [4.69, 9.17) is 11.6 Å². The smallest absolute Gasteiger partial charge is 0.238 e. The molecule has 144 valence electrons. The maximum absolute atomic E-state index is 12.9. The van der Waals surface area contributed by atoms with Gasteiger partial charge in [0, 0.05) is 11.3 Å². The minimum absolute atomic E-state index is 0.0242. The van der Waals surface area contributed by atoms with Crippen molar-refractivity contribution >= 4 is 34.8 Å². The predicted molar refractivity (Wildman–Crippen MR) is 107 cm³/mol. The topological polar surface area (TPSA) is 82.3 Å². The molecule has 0 aliphatic rings. The van der Waals surface area contributed by atoms with Crippen molar-refractivity contribution in [2.75, 3.05) is 18.9 Å². The van der Waals surface area contributed by atoms with Crippen molar-refractivity contribution in [2.24, 2.45) is 0 Å². The number of benzene rings is 1. The molecule has 2 rings (SSSR count). The lowest BCUT2D eigenvalue weighted by molar-refractivity contribution is -0.117. The fourth-order valence-electron chi connectivity index (χ4n) is 3.05. The molecule has 2 N–H and O–H groups in total. The highest BCUT2D eigenvalue weighted by molar-refractivity contribution is 6.33. The first-order valence-electron chi connectivity index (χ1n) is 8.62. The van der Waals surface area contributed by atoms with E-state index in [1.807, 2.05) is 0 Å². The first-order chi connectivity index (χ1) is 12.6. The highest BCUT2D eigenvalue weighted by atomic mass is 35.5. The maximum atomic E-state index is 12.9. The Kier molecular flexibility index (Phi) is 6.57. The van der Waals surface area contributed by atoms with Crippen LogP contribution in [0.1, 0.15) is 46.0 Å². The number of carbonyl (C=O) groups excluding carboxylic acids is 3. The van der Waals surface area contributed by atoms with Gasteiger partial charge < -0.3 is 10.3 Å². The number of aromatic amines is 1. The van der Waals surface area contributed by atoms with Crippen LogP contribution in [-0.4, -0.2) is 47.0 Å². The van der Waals surface area contributed by atoms with Crippen molar-refractivity contribution < 1.29 is 14.4 Å². The third-order valence-electron chi connectivity index (χ3n) is 4.62. The van der Waals surface area contributed by atoms with Gasteiger partial charge in [0.25, 0.3) is 0 Å². The summed E-state index contributed by atoms with van der Waals surface area (Å²) in [6, 6.07) is 6.42. The predicted octanol–water partition coefficient (Wildman–Crippen LogP) is 3.63. The van der Waals surface area contributed by atoms with Crippen LogP contribution in [0.25, 0.3) is 0 Å². The fourth-order valence-corrected chi connectivity index (χ4v) is 3.23. The number of aromatic nitrogens is 1. The molecule has 0 spiro atoms. The molecule has 0 aliphatic heterocycles. The summed E-state index contributed by atoms with van der Waals surface area (Å²) in [6.45, 7) is 6.76. The van der Waals surface area contributed by atoms with E-state index in [9.17, 15) is 14.4 Å². The number of nitrogens with zero attached hydrogens (tertiary/aromatic N) is 1. The van der Waals surface area contributed by atoms with Gasteiger partial charge in [0.05, 0.1) is 29.0 Å². The van der Waals surface area contributed by atoms with E-state index in [-0.39, 0.29) is 24.0 Å². The molecule has 0 saturated carbocycles. The Morgan fingerprint density at radius 2 is 1.85 bits per heavy atom. The Labute approximate surface area is 163 Å². The third-order valence-corrected chi connectivity index (χ3v) is 4.95. The number of aryl methyl sites for hydroxylation is 1. The molecule has 0 fully saturated rings. The molecule has 27 heavy (non-hydrogen) atoms. The third kappa shape index (κ3) is 4.64. The molecular weight excluding hydrogens is 366 g/mol. The summed E-state index contributed by atoms with van der Waals surface area (Å²) in [5, 5.41) is 3.19. The molecule has 1 aromatic carbocycles. The zero-order valence-corrected chi connectivity index (χ0v) is 16.9. The van der Waals surface area contributed by atoms with Crippen LogP contribution in [0.15, 0.2) is 24.3 Å². The molecule has 0 saturated heterocycles. The second-order valence-electron chi connectivity index (χ2n) is 6.66. The van der Waals surface area contributed by atoms with E-state index in [0.29, 0.717) is 33.2 Å². The summed E-state index contributed by atoms with van der Waals surface area (Å²) in [7, 11) is 1.70. The van der Waals surface area contributed by atoms with Crippen LogP contribution >= 0.6 is 11.6 Å². The summed E-state index contributed by atoms with van der Waals surface area (Å²) < 4.78 is 0. The second kappa shape index (κ2) is 8.50. The van der Waals surface area contributed by atoms with Gasteiger partial charge in [-0.25, -0.2) is 0 Å². The van der Waals surface area contributed by atoms with Gasteiger partial charge in [-0.2, -0.15) is 0 Å². The van der Waals surface area contributed by atoms with Crippen LogP contribution < -0.4 is 5.32 Å². The highest BCUT2D eigenvalue weighted by Gasteiger charge is 2.26. The van der Waals surface area contributed by atoms with Crippen molar-refractivity contribution in [3.05, 3.63) is 51.8 Å². The number of hydrogen-bond donors (Lipinski definition) is 2. The molecule has 1 atom stereocenters. The van der Waals surface area contributed by atoms with Crippen LogP contribution in [-0.2, 0) is 4.79 Å². The number of rotatable bonds is 7. The Bertz CT molecular complexity index is 889. The summed E-state index contributed by atoms with van der Waals surface area (Å²) in [5.41, 5.74) is 2.80. The number of ketones is 2. The van der Waals surface area contributed by atoms with Crippen LogP contribution in [0.5, 0.6) is 0 Å². The van der Waals surface area contributed by atoms with Crippen molar-refractivity contribution in [1.29, 1.82) is 0 Å². The van der Waals surface area contributed by atoms with Gasteiger partial charge in [-0.15, -0.1) is 0 Å². The van der Waals surface area contributed by atoms with Gasteiger partial charge in [-0.05, 0) is 52.4 Å². The van der Waals surface area contributed by atoms with Crippen LogP contribution in [0.4, 0.5) is 5.69 Å². The van der Waals surface area contributed by atoms with Crippen molar-refractivity contribution in [2.45, 2.75) is 33.7 Å². The van der Waals surface area contributed by atoms with E-state index in [2.05, 4.69) is 10.3 Å². The minimum Gasteiger partial charge on any atom is -0.355 e. The lowest BCUT2D eigenvalue weighted by Crippen LogP contribution is -2.41. The lowest BCUT2D eigenvalue weighted by Gasteiger charge is -2.23. The normalized spacial score (nSPS) is 12.1. The molecule has 1 aromatic heterocycles. The van der Waals surface area contributed by atoms with E-state index in [1.54, 1.807) is 57.0 Å². The number of H-pyrrole nitrogens is 1. The van der Waals surface area contributed by atoms with E-state index >= 15 is 0 Å². The van der Waals surface area contributed by atoms with Gasteiger partial charge >= 0.3 is 0 Å². The van der Waals surface area contributed by atoms with E-state index in [0.717, 1.165) is 0 Å². The fraction of sp³-hybridized carbons (Fsp3) is 0.350. The van der Waals surface area contributed by atoms with Gasteiger partial charge in [-0.3, -0.25) is 19.3 Å². The second-order valence-corrected chi connectivity index (χ2v) is 7.07. The van der Waals surface area contributed by atoms with Crippen molar-refractivity contribution in [3.8, 4) is 0 Å². The molecule has 0 bridgehead atoms. The van der Waals surface area contributed by atoms with E-state index < -0.39 is 6.04 Å². The highest BCUT2D eigenvalue weighted by Crippen LogP contribution is 2.22. The molecule has 1 heterocycles. The van der Waals surface area contributed by atoms with Crippen LogP contribution in [0.2, 0.25) is 5.02 Å². The minimum atomic E-state index is -0.543. The van der Waals surface area contributed by atoms with Gasteiger partial charge in [-0.1, -0.05) is 23.7 Å². The summed E-state index contributed by atoms with van der Waals surface area (Å²) in [4.78, 5) is 41.6. The molecule has 1 unspecified atom stereocenters. The molecule has 0 aliphatic carbocycles. The Morgan fingerprint density at radius 1 is 1.22 bits per heavy atom. The van der Waals surface area contributed by atoms with Crippen molar-refractivity contribution in [3.63, 3.8) is 0 Å². The number of hydrogen-bond acceptors (Lipinski definition) is 4. The zero-order chi connectivity index (χ0) is 20.3. The summed E-state index contributed by atoms with van der Waals surface area (Å²) in [5.74, 6) is -0.523. The van der Waals surface area contributed by atoms with Gasteiger partial charge in [0.1, 0.15) is 0 Å². The quantitative estimate of drug-likeness (QED) is 0.708. The summed E-state index contributed by atoms with van der Waals surface area (Å²) in [6.07, 6.45) is 0. The van der Waals surface area contributed by atoms with Crippen molar-refractivity contribution in [1.82, 2.24) is 9.88 Å². The SMILES string of the molecule is CC(=O)c1c(C)[nH]c(C(=O)C(C)N(C)CC(=O)Nc2ccccc2Cl)c1C. The van der Waals surface area contributed by atoms with E-state index in [1.165, 1.54) is 6.92 Å². The van der Waals surface area contributed by atoms with Gasteiger partial charge in [0.15, 0.2) is 11.6 Å². The average molecular weight is 390 g/mol. The Morgan fingerprint density at radius 3 is 2.41 bits per heavy atom. The Balaban J connectivity index is 2.08. The molecule has 6 nitrogen and oxygen atoms in total. The maximum Gasteiger partial charge on any atom is 0.238 e. The van der Waals surface area contributed by atoms with Crippen LogP contribution in [0, 0.1) is 13.8 Å². The molecule has 1 amide bonds. The van der Waals surface area contributed by atoms with Gasteiger partial charge in [0.2, 0.25) is 5.91 Å². The number of amides is 1. The lowest BCUT2D eigenvalue weighted by atomic mass is 10.0. The number of para-hydroxylation sites is 1. The first-order valence-corrected chi connectivity index (χ1v) is 9.00. The zero-order valence-electron chi connectivity index (χ0n) is 16.1. The standard InChI is InChI=1S/C20H24ClN3O3/c1-11-18(14(4)25)12(2)22-19(11)20(27)13(3)24(5)10-17(26)23-16-9-7-6-8-15(16)21/h6-9,13,22H,10H2,1-5H3,(H,23,26). The monoisotopic (exact) mass is 389 g/mol. The Hall–Kier alpha value is -2.44. The molecule has 2 aromatic rings. The number of Topliss-reactive ketones (excluding diaryl/α,β-unsaturated/α-hetero) is 2. The van der Waals surface area contributed by atoms with Crippen LogP contribution in [0.3, 0.4) is 0 Å². The number of anilines is 1. The number of likely N-dealkylation sites (N-methyl/N-ethyl adjacent to an activating group) is 1. The molecule has 7 heteroatoms. The molecule has 0 radical (unpaired) electrons. The first kappa shape index (κ1) is 20.9. The largest absolute Gasteiger partial charge is 0.355 e. The summed E-state index contributed by atoms with van der Waals surface area (Å²) >= 11 is 6.04. The molecular formula is C20H24ClN3O3. The number of halogens is 1. The number of nitrogens with one attached hydrogen (secondary N) is 2. The number of carbonyl (C=O) groups is 3. The average Bonchev–Trinajstić information content (AvgIpc) is 2.90.